The monoisotopic (exact) mass is 201 g/mol. The highest BCUT2D eigenvalue weighted by atomic mass is 35.5. The number of hydrogen-bond acceptors (Lipinski definition) is 4. The van der Waals surface area contributed by atoms with Crippen molar-refractivity contribution >= 4 is 24.8 Å². The smallest absolute Gasteiger partial charge is 0.114 e. The maximum atomic E-state index is 9.00. The summed E-state index contributed by atoms with van der Waals surface area (Å²) in [6.07, 6.45) is -0.451. The first-order valence-corrected chi connectivity index (χ1v) is 2.87. The molecule has 1 heterocycles. The van der Waals surface area contributed by atoms with Gasteiger partial charge in [0.2, 0.25) is 0 Å². The fourth-order valence-corrected chi connectivity index (χ4v) is 0.783. The van der Waals surface area contributed by atoms with Gasteiger partial charge in [0, 0.05) is 12.1 Å². The van der Waals surface area contributed by atoms with Crippen molar-refractivity contribution in [2.45, 2.75) is 13.0 Å². The predicted octanol–water partition coefficient (Wildman–Crippen LogP) is -0.511. The molecule has 6 heteroatoms. The third kappa shape index (κ3) is 3.16. The second-order valence-corrected chi connectivity index (χ2v) is 2.09. The van der Waals surface area contributed by atoms with E-state index in [1.54, 1.807) is 6.92 Å². The van der Waals surface area contributed by atoms with Crippen LogP contribution in [0.25, 0.3) is 0 Å². The summed E-state index contributed by atoms with van der Waals surface area (Å²) in [7, 11) is 0. The molecule has 5 N–H and O–H groups in total. The molecule has 0 radical (unpaired) electrons. The van der Waals surface area contributed by atoms with E-state index in [1.165, 1.54) is 0 Å². The van der Waals surface area contributed by atoms with Gasteiger partial charge in [0.15, 0.2) is 0 Å². The lowest BCUT2D eigenvalue weighted by molar-refractivity contribution is 0.229. The molecular weight excluding hydrogens is 189 g/mol. The van der Waals surface area contributed by atoms with Crippen LogP contribution in [0.4, 0.5) is 0 Å². The van der Waals surface area contributed by atoms with Gasteiger partial charge in [-0.05, 0) is 6.92 Å². The number of aliphatic hydroxyl groups is 1. The van der Waals surface area contributed by atoms with Crippen molar-refractivity contribution in [1.29, 1.82) is 0 Å². The average molecular weight is 202 g/mol. The maximum absolute atomic E-state index is 9.00. The lowest BCUT2D eigenvalue weighted by Gasteiger charge is -2.02. The van der Waals surface area contributed by atoms with Crippen molar-refractivity contribution in [3.05, 3.63) is 11.4 Å². The standard InChI is InChI=1S/C5H11N3O.2ClH/c1-3(9)4-2-7-8-5(4)6;;/h3,7-9H,2,6H2,1H3;2*1H. The molecule has 1 unspecified atom stereocenters. The Bertz CT molecular complexity index is 149. The Morgan fingerprint density at radius 3 is 2.27 bits per heavy atom. The highest BCUT2D eigenvalue weighted by molar-refractivity contribution is 5.85. The Morgan fingerprint density at radius 2 is 2.09 bits per heavy atom. The van der Waals surface area contributed by atoms with Gasteiger partial charge in [0.05, 0.1) is 6.10 Å². The molecule has 68 valence electrons. The summed E-state index contributed by atoms with van der Waals surface area (Å²) in [5.41, 5.74) is 11.7. The molecule has 0 aromatic heterocycles. The van der Waals surface area contributed by atoms with Crippen LogP contribution in [0.2, 0.25) is 0 Å². The van der Waals surface area contributed by atoms with Crippen molar-refractivity contribution in [1.82, 2.24) is 10.9 Å². The van der Waals surface area contributed by atoms with Crippen LogP contribution in [0.1, 0.15) is 6.92 Å². The molecule has 0 fully saturated rings. The van der Waals surface area contributed by atoms with Crippen molar-refractivity contribution in [3.8, 4) is 0 Å². The molecule has 1 aliphatic rings. The Kier molecular flexibility index (Phi) is 6.70. The van der Waals surface area contributed by atoms with E-state index >= 15 is 0 Å². The summed E-state index contributed by atoms with van der Waals surface area (Å²) in [6, 6.07) is 0. The van der Waals surface area contributed by atoms with Gasteiger partial charge < -0.3 is 16.3 Å². The fourth-order valence-electron chi connectivity index (χ4n) is 0.783. The van der Waals surface area contributed by atoms with Crippen LogP contribution in [0.3, 0.4) is 0 Å². The molecule has 1 atom stereocenters. The zero-order valence-electron chi connectivity index (χ0n) is 6.13. The molecular formula is C5H13Cl2N3O. The summed E-state index contributed by atoms with van der Waals surface area (Å²) in [5, 5.41) is 9.00. The van der Waals surface area contributed by atoms with E-state index in [0.29, 0.717) is 12.4 Å². The van der Waals surface area contributed by atoms with Crippen LogP contribution in [0.15, 0.2) is 11.4 Å². The molecule has 4 nitrogen and oxygen atoms in total. The van der Waals surface area contributed by atoms with E-state index in [4.69, 9.17) is 10.8 Å². The molecule has 0 saturated heterocycles. The third-order valence-electron chi connectivity index (χ3n) is 1.35. The lowest BCUT2D eigenvalue weighted by atomic mass is 10.2. The number of nitrogens with one attached hydrogen (secondary N) is 2. The summed E-state index contributed by atoms with van der Waals surface area (Å²) >= 11 is 0. The Balaban J connectivity index is 0. The Morgan fingerprint density at radius 1 is 1.55 bits per heavy atom. The average Bonchev–Trinajstić information content (AvgIpc) is 2.13. The maximum Gasteiger partial charge on any atom is 0.114 e. The van der Waals surface area contributed by atoms with Crippen LogP contribution in [0, 0.1) is 0 Å². The molecule has 0 aliphatic carbocycles. The van der Waals surface area contributed by atoms with E-state index in [2.05, 4.69) is 10.9 Å². The molecule has 0 aromatic carbocycles. The first-order valence-electron chi connectivity index (χ1n) is 2.87. The summed E-state index contributed by atoms with van der Waals surface area (Å²) in [4.78, 5) is 0. The minimum atomic E-state index is -0.451. The van der Waals surface area contributed by atoms with Gasteiger partial charge in [0.1, 0.15) is 5.82 Å². The largest absolute Gasteiger partial charge is 0.389 e. The molecule has 1 aliphatic heterocycles. The molecule has 11 heavy (non-hydrogen) atoms. The molecule has 0 amide bonds. The van der Waals surface area contributed by atoms with Gasteiger partial charge in [-0.15, -0.1) is 24.8 Å². The normalized spacial score (nSPS) is 18.0. The predicted molar refractivity (Wildman–Crippen MR) is 48.5 cm³/mol. The number of aliphatic hydroxyl groups excluding tert-OH is 1. The fraction of sp³-hybridized carbons (Fsp3) is 0.600. The minimum Gasteiger partial charge on any atom is -0.389 e. The molecule has 0 spiro atoms. The van der Waals surface area contributed by atoms with E-state index in [-0.39, 0.29) is 24.8 Å². The Hall–Kier alpha value is -0.160. The first kappa shape index (κ1) is 13.4. The number of hydrazine groups is 1. The van der Waals surface area contributed by atoms with Crippen molar-refractivity contribution in [3.63, 3.8) is 0 Å². The van der Waals surface area contributed by atoms with E-state index in [1.807, 2.05) is 0 Å². The minimum absolute atomic E-state index is 0. The molecule has 1 rings (SSSR count). The van der Waals surface area contributed by atoms with Gasteiger partial charge in [0.25, 0.3) is 0 Å². The molecule has 0 bridgehead atoms. The topological polar surface area (TPSA) is 70.3 Å². The summed E-state index contributed by atoms with van der Waals surface area (Å²) < 4.78 is 0. The quantitative estimate of drug-likeness (QED) is 0.462. The first-order chi connectivity index (χ1) is 4.22. The molecule has 0 aromatic rings. The Labute approximate surface area is 78.0 Å². The van der Waals surface area contributed by atoms with Gasteiger partial charge in [-0.25, -0.2) is 5.43 Å². The second kappa shape index (κ2) is 5.49. The SMILES string of the molecule is CC(O)C1=C(N)NNC1.Cl.Cl. The summed E-state index contributed by atoms with van der Waals surface area (Å²) in [6.45, 7) is 2.32. The highest BCUT2D eigenvalue weighted by Crippen LogP contribution is 2.04. The van der Waals surface area contributed by atoms with Crippen LogP contribution >= 0.6 is 24.8 Å². The number of rotatable bonds is 1. The third-order valence-corrected chi connectivity index (χ3v) is 1.35. The number of halogens is 2. The van der Waals surface area contributed by atoms with Crippen LogP contribution in [-0.4, -0.2) is 17.8 Å². The van der Waals surface area contributed by atoms with E-state index in [9.17, 15) is 0 Å². The van der Waals surface area contributed by atoms with Crippen LogP contribution in [-0.2, 0) is 0 Å². The van der Waals surface area contributed by atoms with Gasteiger partial charge in [-0.3, -0.25) is 0 Å². The van der Waals surface area contributed by atoms with Crippen molar-refractivity contribution < 1.29 is 5.11 Å². The zero-order valence-corrected chi connectivity index (χ0v) is 7.76. The van der Waals surface area contributed by atoms with Crippen LogP contribution < -0.4 is 16.6 Å². The van der Waals surface area contributed by atoms with Gasteiger partial charge >= 0.3 is 0 Å². The number of nitrogens with two attached hydrogens (primary N) is 1. The van der Waals surface area contributed by atoms with Gasteiger partial charge in [-0.2, -0.15) is 0 Å². The van der Waals surface area contributed by atoms with E-state index in [0.717, 1.165) is 5.57 Å². The zero-order chi connectivity index (χ0) is 6.85. The number of hydrogen-bond donors (Lipinski definition) is 4. The lowest BCUT2D eigenvalue weighted by Crippen LogP contribution is -2.26. The van der Waals surface area contributed by atoms with E-state index < -0.39 is 6.10 Å². The van der Waals surface area contributed by atoms with Crippen LogP contribution in [0.5, 0.6) is 0 Å². The highest BCUT2D eigenvalue weighted by Gasteiger charge is 2.14. The van der Waals surface area contributed by atoms with Gasteiger partial charge in [-0.1, -0.05) is 0 Å². The van der Waals surface area contributed by atoms with Crippen molar-refractivity contribution in [2.75, 3.05) is 6.54 Å². The summed E-state index contributed by atoms with van der Waals surface area (Å²) in [5.74, 6) is 0.546. The molecule has 0 saturated carbocycles. The van der Waals surface area contributed by atoms with Crippen molar-refractivity contribution in [2.24, 2.45) is 5.73 Å². The second-order valence-electron chi connectivity index (χ2n) is 2.09.